The van der Waals surface area contributed by atoms with Crippen molar-refractivity contribution in [1.82, 2.24) is 29.9 Å². The third kappa shape index (κ3) is 3.97. The van der Waals surface area contributed by atoms with E-state index in [0.717, 1.165) is 58.8 Å². The maximum Gasteiger partial charge on any atom is 0.181 e. The number of hydrogen-bond donors (Lipinski definition) is 1. The second-order valence-electron chi connectivity index (χ2n) is 9.25. The maximum atomic E-state index is 10.8. The van der Waals surface area contributed by atoms with Gasteiger partial charge in [0.25, 0.3) is 0 Å². The molecule has 36 heavy (non-hydrogen) atoms. The number of methoxy groups -OCH3 is 1. The van der Waals surface area contributed by atoms with Gasteiger partial charge in [0, 0.05) is 43.2 Å². The molecule has 1 fully saturated rings. The minimum atomic E-state index is 0.150. The Labute approximate surface area is 208 Å². The second kappa shape index (κ2) is 8.76. The summed E-state index contributed by atoms with van der Waals surface area (Å²) in [6.45, 7) is 4.52. The Bertz CT molecular complexity index is 1550. The number of phenols is 1. The highest BCUT2D eigenvalue weighted by Gasteiger charge is 2.30. The molecule has 6 rings (SSSR count). The Morgan fingerprint density at radius 2 is 1.94 bits per heavy atom. The molecule has 0 aliphatic carbocycles. The van der Waals surface area contributed by atoms with Crippen molar-refractivity contribution in [3.8, 4) is 33.9 Å². The van der Waals surface area contributed by atoms with Crippen molar-refractivity contribution in [3.05, 3.63) is 72.2 Å². The van der Waals surface area contributed by atoms with Gasteiger partial charge in [-0.05, 0) is 54.4 Å². The average molecular weight is 483 g/mol. The van der Waals surface area contributed by atoms with Crippen LogP contribution in [0.3, 0.4) is 0 Å². The number of nitrogens with zero attached hydrogens (tertiary/aromatic N) is 6. The van der Waals surface area contributed by atoms with Gasteiger partial charge in [-0.2, -0.15) is 15.3 Å². The molecular formula is C27H26N6O3. The van der Waals surface area contributed by atoms with E-state index in [1.807, 2.05) is 56.6 Å². The first kappa shape index (κ1) is 22.2. The van der Waals surface area contributed by atoms with Crippen LogP contribution < -0.4 is 4.74 Å². The summed E-state index contributed by atoms with van der Waals surface area (Å²) < 4.78 is 12.7. The normalized spacial score (nSPS) is 14.3. The van der Waals surface area contributed by atoms with Crippen molar-refractivity contribution < 1.29 is 14.3 Å². The Hall–Kier alpha value is -4.24. The largest absolute Gasteiger partial charge is 0.507 e. The molecule has 4 heterocycles. The number of aromatic nitrogens is 5. The van der Waals surface area contributed by atoms with Crippen LogP contribution in [0.5, 0.6) is 11.5 Å². The number of hydrogen-bond acceptors (Lipinski definition) is 8. The van der Waals surface area contributed by atoms with Gasteiger partial charge in [-0.1, -0.05) is 6.07 Å². The lowest BCUT2D eigenvalue weighted by Gasteiger charge is -2.38. The summed E-state index contributed by atoms with van der Waals surface area (Å²) in [6.07, 6.45) is 3.44. The van der Waals surface area contributed by atoms with Crippen LogP contribution in [-0.4, -0.2) is 55.2 Å². The van der Waals surface area contributed by atoms with E-state index in [0.29, 0.717) is 22.9 Å². The molecule has 3 aromatic heterocycles. The number of rotatable bonds is 6. The highest BCUT2D eigenvalue weighted by atomic mass is 16.5. The van der Waals surface area contributed by atoms with E-state index in [1.54, 1.807) is 17.9 Å². The fourth-order valence-electron chi connectivity index (χ4n) is 4.74. The van der Waals surface area contributed by atoms with Gasteiger partial charge < -0.3 is 14.3 Å². The summed E-state index contributed by atoms with van der Waals surface area (Å²) in [5.74, 6) is 2.09. The van der Waals surface area contributed by atoms with Crippen LogP contribution in [0.1, 0.15) is 23.1 Å². The van der Waals surface area contributed by atoms with E-state index in [-0.39, 0.29) is 5.75 Å². The molecule has 9 heteroatoms. The number of ether oxygens (including phenoxy) is 1. The van der Waals surface area contributed by atoms with E-state index in [1.165, 1.54) is 6.39 Å². The molecule has 1 saturated heterocycles. The van der Waals surface area contributed by atoms with Crippen molar-refractivity contribution >= 4 is 10.9 Å². The standard InChI is InChI=1S/C27H26N6O3/c1-16-26(36-15-28-16)14-33-12-20(13-33)22-6-7-23(30-29-22)21-5-4-17(9-24(21)34)18-8-19-11-32(2)31-27(19)25(10-18)35-3/h4-11,15,20,34H,12-14H2,1-3H3. The van der Waals surface area contributed by atoms with Crippen molar-refractivity contribution in [1.29, 1.82) is 0 Å². The SMILES string of the molecule is COc1cc(-c2ccc(-c3ccc(C4CN(Cc5ocnc5C)C4)nn3)c(O)c2)cc2cn(C)nc12. The quantitative estimate of drug-likeness (QED) is 0.382. The van der Waals surface area contributed by atoms with Gasteiger partial charge in [-0.3, -0.25) is 9.58 Å². The van der Waals surface area contributed by atoms with Gasteiger partial charge in [0.15, 0.2) is 6.39 Å². The van der Waals surface area contributed by atoms with Crippen LogP contribution in [0.2, 0.25) is 0 Å². The monoisotopic (exact) mass is 482 g/mol. The fraction of sp³-hybridized carbons (Fsp3) is 0.259. The number of benzene rings is 2. The van der Waals surface area contributed by atoms with Crippen LogP contribution in [0.15, 0.2) is 59.5 Å². The zero-order chi connectivity index (χ0) is 24.8. The van der Waals surface area contributed by atoms with E-state index in [2.05, 4.69) is 25.2 Å². The van der Waals surface area contributed by atoms with Crippen molar-refractivity contribution in [3.63, 3.8) is 0 Å². The molecule has 9 nitrogen and oxygen atoms in total. The zero-order valence-corrected chi connectivity index (χ0v) is 20.3. The number of phenolic OH excluding ortho intramolecular Hbond substituents is 1. The van der Waals surface area contributed by atoms with E-state index in [4.69, 9.17) is 9.15 Å². The molecule has 0 bridgehead atoms. The first-order valence-electron chi connectivity index (χ1n) is 11.8. The number of oxazole rings is 1. The lowest BCUT2D eigenvalue weighted by molar-refractivity contribution is 0.126. The molecule has 1 aliphatic rings. The maximum absolute atomic E-state index is 10.8. The Morgan fingerprint density at radius 3 is 2.64 bits per heavy atom. The van der Waals surface area contributed by atoms with Gasteiger partial charge >= 0.3 is 0 Å². The van der Waals surface area contributed by atoms with E-state index >= 15 is 0 Å². The highest BCUT2D eigenvalue weighted by molar-refractivity contribution is 5.90. The van der Waals surface area contributed by atoms with Crippen molar-refractivity contribution in [2.45, 2.75) is 19.4 Å². The third-order valence-corrected chi connectivity index (χ3v) is 6.79. The molecule has 0 spiro atoms. The lowest BCUT2D eigenvalue weighted by Crippen LogP contribution is -2.44. The van der Waals surface area contributed by atoms with Gasteiger partial charge in [-0.15, -0.1) is 0 Å². The van der Waals surface area contributed by atoms with E-state index in [9.17, 15) is 5.11 Å². The molecule has 5 aromatic rings. The lowest BCUT2D eigenvalue weighted by atomic mass is 9.95. The smallest absolute Gasteiger partial charge is 0.181 e. The van der Waals surface area contributed by atoms with Crippen LogP contribution >= 0.6 is 0 Å². The van der Waals surface area contributed by atoms with Gasteiger partial charge in [0.1, 0.15) is 22.8 Å². The topological polar surface area (TPSA) is 102 Å². The molecule has 0 unspecified atom stereocenters. The van der Waals surface area contributed by atoms with Gasteiger partial charge in [0.05, 0.1) is 30.7 Å². The molecular weight excluding hydrogens is 456 g/mol. The number of likely N-dealkylation sites (tertiary alicyclic amines) is 1. The van der Waals surface area contributed by atoms with Gasteiger partial charge in [0.2, 0.25) is 0 Å². The van der Waals surface area contributed by atoms with Crippen LogP contribution in [0.25, 0.3) is 33.3 Å². The predicted molar refractivity (Wildman–Crippen MR) is 135 cm³/mol. The predicted octanol–water partition coefficient (Wildman–Crippen LogP) is 4.31. The molecule has 182 valence electrons. The molecule has 0 amide bonds. The summed E-state index contributed by atoms with van der Waals surface area (Å²) in [5, 5.41) is 25.1. The summed E-state index contributed by atoms with van der Waals surface area (Å²) in [7, 11) is 3.52. The Morgan fingerprint density at radius 1 is 1.08 bits per heavy atom. The highest BCUT2D eigenvalue weighted by Crippen LogP contribution is 2.36. The minimum absolute atomic E-state index is 0.150. The second-order valence-corrected chi connectivity index (χ2v) is 9.25. The first-order valence-corrected chi connectivity index (χ1v) is 11.8. The van der Waals surface area contributed by atoms with Crippen molar-refractivity contribution in [2.75, 3.05) is 20.2 Å². The molecule has 1 aliphatic heterocycles. The van der Waals surface area contributed by atoms with Crippen LogP contribution in [0, 0.1) is 6.92 Å². The fourth-order valence-corrected chi connectivity index (χ4v) is 4.74. The molecule has 1 N–H and O–H groups in total. The summed E-state index contributed by atoms with van der Waals surface area (Å²) in [4.78, 5) is 6.45. The molecule has 0 atom stereocenters. The van der Waals surface area contributed by atoms with Crippen molar-refractivity contribution in [2.24, 2.45) is 7.05 Å². The number of fused-ring (bicyclic) bond motifs is 1. The first-order chi connectivity index (χ1) is 17.5. The van der Waals surface area contributed by atoms with Crippen LogP contribution in [0.4, 0.5) is 0 Å². The minimum Gasteiger partial charge on any atom is -0.507 e. The number of aryl methyl sites for hydroxylation is 2. The van der Waals surface area contributed by atoms with Gasteiger partial charge in [-0.25, -0.2) is 4.98 Å². The zero-order valence-electron chi connectivity index (χ0n) is 20.3. The third-order valence-electron chi connectivity index (χ3n) is 6.79. The Balaban J connectivity index is 1.18. The Kier molecular flexibility index (Phi) is 5.41. The van der Waals surface area contributed by atoms with E-state index < -0.39 is 0 Å². The summed E-state index contributed by atoms with van der Waals surface area (Å²) in [6, 6.07) is 13.5. The summed E-state index contributed by atoms with van der Waals surface area (Å²) >= 11 is 0. The molecule has 0 saturated carbocycles. The average Bonchev–Trinajstić information content (AvgIpc) is 3.44. The molecule has 0 radical (unpaired) electrons. The summed E-state index contributed by atoms with van der Waals surface area (Å²) in [5.41, 5.74) is 5.79. The molecule has 2 aromatic carbocycles. The van der Waals surface area contributed by atoms with Crippen LogP contribution in [-0.2, 0) is 13.6 Å². The number of aromatic hydroxyl groups is 1.